The molecule has 1 heterocycles. The van der Waals surface area contributed by atoms with Crippen LogP contribution in [0, 0.1) is 0 Å². The van der Waals surface area contributed by atoms with Crippen molar-refractivity contribution in [1.29, 1.82) is 0 Å². The third kappa shape index (κ3) is 2.08. The zero-order valence-electron chi connectivity index (χ0n) is 5.07. The van der Waals surface area contributed by atoms with Gasteiger partial charge in [-0.1, -0.05) is 6.07 Å². The number of rotatable bonds is 1. The third-order valence-electron chi connectivity index (χ3n) is 0.847. The van der Waals surface area contributed by atoms with Crippen molar-refractivity contribution in [2.45, 2.75) is 0 Å². The molecule has 0 bridgehead atoms. The summed E-state index contributed by atoms with van der Waals surface area (Å²) in [5, 5.41) is 0. The van der Waals surface area contributed by atoms with Gasteiger partial charge in [0, 0.05) is 12.3 Å². The molecule has 9 heavy (non-hydrogen) atoms. The van der Waals surface area contributed by atoms with Crippen molar-refractivity contribution in [1.82, 2.24) is 4.98 Å². The van der Waals surface area contributed by atoms with Crippen LogP contribution in [0.25, 0.3) is 0 Å². The van der Waals surface area contributed by atoms with Crippen molar-refractivity contribution in [3.8, 4) is 5.88 Å². The first kappa shape index (κ1) is 7.88. The van der Waals surface area contributed by atoms with Crippen LogP contribution in [0.5, 0.6) is 5.88 Å². The Bertz CT molecular complexity index is 154. The van der Waals surface area contributed by atoms with E-state index in [0.29, 0.717) is 5.88 Å². The summed E-state index contributed by atoms with van der Waals surface area (Å²) in [5.41, 5.74) is 0. The minimum atomic E-state index is 0. The van der Waals surface area contributed by atoms with E-state index in [2.05, 4.69) is 4.98 Å². The Balaban J connectivity index is 0.000000640. The van der Waals surface area contributed by atoms with Gasteiger partial charge in [0.15, 0.2) is 0 Å². The summed E-state index contributed by atoms with van der Waals surface area (Å²) in [6.07, 6.45) is 1.69. The Morgan fingerprint density at radius 3 is 2.56 bits per heavy atom. The first-order valence-corrected chi connectivity index (χ1v) is 2.38. The highest BCUT2D eigenvalue weighted by molar-refractivity contribution is 5.08. The van der Waals surface area contributed by atoms with Gasteiger partial charge in [-0.25, -0.2) is 4.98 Å². The van der Waals surface area contributed by atoms with Gasteiger partial charge in [-0.05, 0) is 6.07 Å². The monoisotopic (exact) mass is 129 g/mol. The summed E-state index contributed by atoms with van der Waals surface area (Å²) in [6, 6.07) is 5.54. The molecular weight excluding hydrogens is 121 g/mol. The van der Waals surface area contributed by atoms with Crippen molar-refractivity contribution < 1.29 is 9.44 Å². The Kier molecular flexibility index (Phi) is 3.35. The maximum Gasteiger partial charge on any atom is 0.212 e. The standard InChI is InChI=1S/C6H7NO.FH/c1-8-6-4-2-3-5-7-6;/h2-5H,1H3;1H. The minimum absolute atomic E-state index is 0. The first-order valence-electron chi connectivity index (χ1n) is 2.38. The number of methoxy groups -OCH3 is 1. The zero-order valence-corrected chi connectivity index (χ0v) is 5.07. The third-order valence-corrected chi connectivity index (χ3v) is 0.847. The quantitative estimate of drug-likeness (QED) is 0.569. The predicted octanol–water partition coefficient (Wildman–Crippen LogP) is 1.24. The van der Waals surface area contributed by atoms with Gasteiger partial charge in [0.05, 0.1) is 7.11 Å². The highest BCUT2D eigenvalue weighted by Crippen LogP contribution is 1.99. The molecular formula is C6H8FNO. The van der Waals surface area contributed by atoms with Crippen LogP contribution < -0.4 is 4.74 Å². The molecule has 0 aromatic carbocycles. The van der Waals surface area contributed by atoms with Gasteiger partial charge >= 0.3 is 0 Å². The van der Waals surface area contributed by atoms with Gasteiger partial charge in [-0.15, -0.1) is 0 Å². The van der Waals surface area contributed by atoms with Crippen LogP contribution in [0.4, 0.5) is 4.70 Å². The summed E-state index contributed by atoms with van der Waals surface area (Å²) in [5.74, 6) is 0.660. The highest BCUT2D eigenvalue weighted by atomic mass is 19.0. The zero-order chi connectivity index (χ0) is 5.82. The second-order valence-electron chi connectivity index (χ2n) is 1.37. The minimum Gasteiger partial charge on any atom is -0.481 e. The molecule has 0 atom stereocenters. The SMILES string of the molecule is COc1ccccn1.F. The molecule has 1 rings (SSSR count). The number of hydrogen-bond donors (Lipinski definition) is 0. The van der Waals surface area contributed by atoms with Crippen LogP contribution in [-0.2, 0) is 0 Å². The molecule has 0 amide bonds. The molecule has 50 valence electrons. The van der Waals surface area contributed by atoms with Crippen LogP contribution in [-0.4, -0.2) is 12.1 Å². The van der Waals surface area contributed by atoms with Crippen molar-refractivity contribution in [3.63, 3.8) is 0 Å². The number of aromatic nitrogens is 1. The summed E-state index contributed by atoms with van der Waals surface area (Å²) in [6.45, 7) is 0. The van der Waals surface area contributed by atoms with Crippen LogP contribution in [0.3, 0.4) is 0 Å². The molecule has 0 unspecified atom stereocenters. The summed E-state index contributed by atoms with van der Waals surface area (Å²) in [7, 11) is 1.60. The van der Waals surface area contributed by atoms with E-state index in [-0.39, 0.29) is 4.70 Å². The fourth-order valence-electron chi connectivity index (χ4n) is 0.468. The van der Waals surface area contributed by atoms with Crippen LogP contribution in [0.15, 0.2) is 24.4 Å². The molecule has 0 radical (unpaired) electrons. The molecule has 0 N–H and O–H groups in total. The van der Waals surface area contributed by atoms with Crippen molar-refractivity contribution in [3.05, 3.63) is 24.4 Å². The molecule has 0 aliphatic rings. The van der Waals surface area contributed by atoms with E-state index in [1.54, 1.807) is 19.4 Å². The van der Waals surface area contributed by atoms with E-state index in [4.69, 9.17) is 4.74 Å². The van der Waals surface area contributed by atoms with Gasteiger partial charge < -0.3 is 4.74 Å². The summed E-state index contributed by atoms with van der Waals surface area (Å²) < 4.78 is 4.80. The van der Waals surface area contributed by atoms with E-state index in [1.165, 1.54) is 0 Å². The van der Waals surface area contributed by atoms with Crippen molar-refractivity contribution in [2.75, 3.05) is 7.11 Å². The average Bonchev–Trinajstić information content (AvgIpc) is 1.90. The molecule has 1 aromatic heterocycles. The molecule has 0 aliphatic carbocycles. The lowest BCUT2D eigenvalue weighted by Gasteiger charge is -1.92. The lowest BCUT2D eigenvalue weighted by Crippen LogP contribution is -1.83. The fraction of sp³-hybridized carbons (Fsp3) is 0.167. The Hall–Kier alpha value is -1.12. The summed E-state index contributed by atoms with van der Waals surface area (Å²) >= 11 is 0. The van der Waals surface area contributed by atoms with Gasteiger partial charge in [-0.3, -0.25) is 4.70 Å². The van der Waals surface area contributed by atoms with Crippen LogP contribution >= 0.6 is 0 Å². The number of ether oxygens (including phenoxy) is 1. The van der Waals surface area contributed by atoms with Crippen LogP contribution in [0.1, 0.15) is 0 Å². The number of pyridine rings is 1. The first-order chi connectivity index (χ1) is 3.93. The summed E-state index contributed by atoms with van der Waals surface area (Å²) in [4.78, 5) is 3.88. The predicted molar refractivity (Wildman–Crippen MR) is 33.3 cm³/mol. The Labute approximate surface area is 52.9 Å². The molecule has 0 aliphatic heterocycles. The Morgan fingerprint density at radius 2 is 2.22 bits per heavy atom. The van der Waals surface area contributed by atoms with E-state index in [1.807, 2.05) is 12.1 Å². The maximum atomic E-state index is 4.80. The average molecular weight is 129 g/mol. The second kappa shape index (κ2) is 3.83. The molecule has 0 saturated carbocycles. The normalized spacial score (nSPS) is 7.67. The van der Waals surface area contributed by atoms with E-state index in [0.717, 1.165) is 0 Å². The van der Waals surface area contributed by atoms with Gasteiger partial charge in [-0.2, -0.15) is 0 Å². The van der Waals surface area contributed by atoms with Crippen LogP contribution in [0.2, 0.25) is 0 Å². The fourth-order valence-corrected chi connectivity index (χ4v) is 0.468. The molecule has 1 aromatic rings. The largest absolute Gasteiger partial charge is 0.481 e. The highest BCUT2D eigenvalue weighted by Gasteiger charge is 1.82. The molecule has 0 spiro atoms. The Morgan fingerprint density at radius 1 is 1.44 bits per heavy atom. The van der Waals surface area contributed by atoms with Crippen molar-refractivity contribution in [2.24, 2.45) is 0 Å². The van der Waals surface area contributed by atoms with Crippen molar-refractivity contribution >= 4 is 0 Å². The smallest absolute Gasteiger partial charge is 0.212 e. The van der Waals surface area contributed by atoms with Gasteiger partial charge in [0.25, 0.3) is 0 Å². The maximum absolute atomic E-state index is 4.80. The van der Waals surface area contributed by atoms with E-state index >= 15 is 0 Å². The number of halogens is 1. The lowest BCUT2D eigenvalue weighted by atomic mass is 10.5. The lowest BCUT2D eigenvalue weighted by molar-refractivity contribution is 0.398. The van der Waals surface area contributed by atoms with E-state index < -0.39 is 0 Å². The van der Waals surface area contributed by atoms with Gasteiger partial charge in [0.1, 0.15) is 0 Å². The molecule has 3 heteroatoms. The molecule has 0 saturated heterocycles. The molecule has 0 fully saturated rings. The molecule has 2 nitrogen and oxygen atoms in total. The van der Waals surface area contributed by atoms with Gasteiger partial charge in [0.2, 0.25) is 5.88 Å². The number of nitrogens with zero attached hydrogens (tertiary/aromatic N) is 1. The second-order valence-corrected chi connectivity index (χ2v) is 1.37. The topological polar surface area (TPSA) is 22.1 Å². The van der Waals surface area contributed by atoms with E-state index in [9.17, 15) is 0 Å². The number of hydrogen-bond acceptors (Lipinski definition) is 2.